The van der Waals surface area contributed by atoms with Crippen molar-refractivity contribution in [1.82, 2.24) is 10.7 Å². The molecule has 0 atom stereocenters. The lowest BCUT2D eigenvalue weighted by Crippen LogP contribution is -2.32. The summed E-state index contributed by atoms with van der Waals surface area (Å²) in [6, 6.07) is 25.6. The number of benzene rings is 3. The van der Waals surface area contributed by atoms with Crippen LogP contribution in [0.1, 0.15) is 21.5 Å². The van der Waals surface area contributed by atoms with E-state index in [1.165, 1.54) is 0 Å². The van der Waals surface area contributed by atoms with E-state index in [2.05, 4.69) is 15.8 Å². The molecule has 3 aromatic carbocycles. The molecule has 146 valence electrons. The highest BCUT2D eigenvalue weighted by Gasteiger charge is 2.12. The van der Waals surface area contributed by atoms with Crippen LogP contribution in [0.3, 0.4) is 0 Å². The predicted octanol–water partition coefficient (Wildman–Crippen LogP) is 3.83. The molecule has 0 unspecified atom stereocenters. The second-order valence-corrected chi connectivity index (χ2v) is 6.69. The average Bonchev–Trinajstić information content (AvgIpc) is 2.75. The lowest BCUT2D eigenvalue weighted by Gasteiger charge is -2.10. The van der Waals surface area contributed by atoms with E-state index in [4.69, 9.17) is 11.6 Å². The van der Waals surface area contributed by atoms with Crippen LogP contribution in [0, 0.1) is 0 Å². The van der Waals surface area contributed by atoms with Gasteiger partial charge in [0.1, 0.15) is 0 Å². The third-order valence-corrected chi connectivity index (χ3v) is 4.49. The summed E-state index contributed by atoms with van der Waals surface area (Å²) in [5, 5.41) is 7.43. The number of nitrogens with zero attached hydrogens (tertiary/aromatic N) is 1. The van der Waals surface area contributed by atoms with Crippen molar-refractivity contribution in [3.05, 3.63) is 107 Å². The zero-order valence-corrected chi connectivity index (χ0v) is 16.4. The number of carbonyl (C=O) groups excluding carboxylic acids is 2. The Bertz CT molecular complexity index is 1000. The fraction of sp³-hybridized carbons (Fsp3) is 0.0870. The number of rotatable bonds is 7. The normalized spacial score (nSPS) is 11.0. The molecule has 2 N–H and O–H groups in total. The minimum atomic E-state index is -0.310. The number of halogens is 1. The van der Waals surface area contributed by atoms with Gasteiger partial charge in [0.05, 0.1) is 29.3 Å². The van der Waals surface area contributed by atoms with Gasteiger partial charge < -0.3 is 5.32 Å². The lowest BCUT2D eigenvalue weighted by atomic mass is 10.1. The maximum absolute atomic E-state index is 12.4. The van der Waals surface area contributed by atoms with Crippen molar-refractivity contribution in [2.45, 2.75) is 6.42 Å². The fourth-order valence-electron chi connectivity index (χ4n) is 2.69. The zero-order chi connectivity index (χ0) is 20.5. The smallest absolute Gasteiger partial charge is 0.253 e. The molecule has 6 heteroatoms. The van der Waals surface area contributed by atoms with Crippen molar-refractivity contribution in [2.24, 2.45) is 5.10 Å². The fourth-order valence-corrected chi connectivity index (χ4v) is 2.91. The Labute approximate surface area is 174 Å². The number of nitrogens with one attached hydrogen (secondary N) is 2. The Hall–Kier alpha value is -3.44. The van der Waals surface area contributed by atoms with E-state index in [9.17, 15) is 9.59 Å². The van der Waals surface area contributed by atoms with Crippen LogP contribution in [0.4, 0.5) is 0 Å². The van der Waals surface area contributed by atoms with Gasteiger partial charge >= 0.3 is 0 Å². The van der Waals surface area contributed by atoms with Gasteiger partial charge in [0.15, 0.2) is 0 Å². The monoisotopic (exact) mass is 405 g/mol. The van der Waals surface area contributed by atoms with Crippen molar-refractivity contribution in [2.75, 3.05) is 6.54 Å². The molecule has 0 saturated heterocycles. The maximum Gasteiger partial charge on any atom is 0.253 e. The van der Waals surface area contributed by atoms with E-state index >= 15 is 0 Å². The minimum Gasteiger partial charge on any atom is -0.346 e. The molecule has 2 amide bonds. The molecule has 0 radical (unpaired) electrons. The van der Waals surface area contributed by atoms with E-state index in [1.54, 1.807) is 24.3 Å². The summed E-state index contributed by atoms with van der Waals surface area (Å²) < 4.78 is 0. The van der Waals surface area contributed by atoms with E-state index in [0.717, 1.165) is 11.1 Å². The van der Waals surface area contributed by atoms with Gasteiger partial charge in [0, 0.05) is 0 Å². The van der Waals surface area contributed by atoms with Crippen LogP contribution >= 0.6 is 11.6 Å². The third-order valence-electron chi connectivity index (χ3n) is 4.16. The van der Waals surface area contributed by atoms with Crippen molar-refractivity contribution < 1.29 is 9.59 Å². The molecule has 0 fully saturated rings. The Morgan fingerprint density at radius 3 is 2.14 bits per heavy atom. The van der Waals surface area contributed by atoms with Crippen molar-refractivity contribution in [3.63, 3.8) is 0 Å². The van der Waals surface area contributed by atoms with Crippen LogP contribution < -0.4 is 10.7 Å². The van der Waals surface area contributed by atoms with Gasteiger partial charge in [0.2, 0.25) is 5.91 Å². The second-order valence-electron chi connectivity index (χ2n) is 6.28. The summed E-state index contributed by atoms with van der Waals surface area (Å²) >= 11 is 6.08. The highest BCUT2D eigenvalue weighted by molar-refractivity contribution is 6.33. The summed E-state index contributed by atoms with van der Waals surface area (Å²) in [6.45, 7) is 0.139. The second kappa shape index (κ2) is 10.2. The third kappa shape index (κ3) is 6.02. The van der Waals surface area contributed by atoms with E-state index in [0.29, 0.717) is 16.3 Å². The topological polar surface area (TPSA) is 70.6 Å². The van der Waals surface area contributed by atoms with Gasteiger partial charge in [0.25, 0.3) is 5.91 Å². The van der Waals surface area contributed by atoms with Gasteiger partial charge in [-0.25, -0.2) is 5.43 Å². The highest BCUT2D eigenvalue weighted by Crippen LogP contribution is 2.14. The molecule has 0 aliphatic carbocycles. The first-order valence-corrected chi connectivity index (χ1v) is 9.49. The lowest BCUT2D eigenvalue weighted by molar-refractivity contribution is -0.120. The molecule has 3 rings (SSSR count). The number of hydrogen-bond acceptors (Lipinski definition) is 3. The molecular formula is C23H20ClN3O2. The van der Waals surface area contributed by atoms with Gasteiger partial charge in [-0.2, -0.15) is 5.10 Å². The molecule has 3 aromatic rings. The van der Waals surface area contributed by atoms with Crippen LogP contribution in [0.25, 0.3) is 0 Å². The number of amides is 2. The molecule has 0 saturated carbocycles. The van der Waals surface area contributed by atoms with Gasteiger partial charge in [-0.05, 0) is 23.3 Å². The largest absolute Gasteiger partial charge is 0.346 e. The number of hydrogen-bond donors (Lipinski definition) is 2. The maximum atomic E-state index is 12.4. The predicted molar refractivity (Wildman–Crippen MR) is 115 cm³/mol. The van der Waals surface area contributed by atoms with E-state index in [1.807, 2.05) is 60.7 Å². The summed E-state index contributed by atoms with van der Waals surface area (Å²) in [6.07, 6.45) is 0.221. The Balaban J connectivity index is 1.69. The summed E-state index contributed by atoms with van der Waals surface area (Å²) in [4.78, 5) is 24.7. The van der Waals surface area contributed by atoms with Gasteiger partial charge in [-0.3, -0.25) is 9.59 Å². The number of hydrazone groups is 1. The van der Waals surface area contributed by atoms with Crippen molar-refractivity contribution >= 4 is 29.1 Å². The summed E-state index contributed by atoms with van der Waals surface area (Å²) in [7, 11) is 0. The SMILES string of the molecule is O=C(Cc1ccccc1)N/N=C(/CNC(=O)c1ccccc1Cl)c1ccccc1. The molecule has 0 aromatic heterocycles. The van der Waals surface area contributed by atoms with E-state index in [-0.39, 0.29) is 24.8 Å². The quantitative estimate of drug-likeness (QED) is 0.463. The molecule has 29 heavy (non-hydrogen) atoms. The van der Waals surface area contributed by atoms with Gasteiger partial charge in [-0.15, -0.1) is 0 Å². The van der Waals surface area contributed by atoms with Crippen LogP contribution in [0.2, 0.25) is 5.02 Å². The highest BCUT2D eigenvalue weighted by atomic mass is 35.5. The Morgan fingerprint density at radius 1 is 0.828 bits per heavy atom. The first kappa shape index (κ1) is 20.3. The molecule has 0 spiro atoms. The molecule has 0 heterocycles. The minimum absolute atomic E-state index is 0.139. The first-order chi connectivity index (χ1) is 14.1. The Kier molecular flexibility index (Phi) is 7.14. The molecule has 0 aliphatic heterocycles. The van der Waals surface area contributed by atoms with Crippen LogP contribution in [-0.2, 0) is 11.2 Å². The Morgan fingerprint density at radius 2 is 1.45 bits per heavy atom. The average molecular weight is 406 g/mol. The van der Waals surface area contributed by atoms with Crippen LogP contribution in [0.15, 0.2) is 90.0 Å². The molecule has 0 bridgehead atoms. The van der Waals surface area contributed by atoms with Gasteiger partial charge in [-0.1, -0.05) is 84.4 Å². The van der Waals surface area contributed by atoms with Crippen LogP contribution in [-0.4, -0.2) is 24.1 Å². The van der Waals surface area contributed by atoms with Crippen molar-refractivity contribution in [1.29, 1.82) is 0 Å². The van der Waals surface area contributed by atoms with Crippen LogP contribution in [0.5, 0.6) is 0 Å². The molecule has 5 nitrogen and oxygen atoms in total. The first-order valence-electron chi connectivity index (χ1n) is 9.11. The number of carbonyl (C=O) groups is 2. The standard InChI is InChI=1S/C23H20ClN3O2/c24-20-14-8-7-13-19(20)23(29)25-16-21(18-11-5-2-6-12-18)26-27-22(28)15-17-9-3-1-4-10-17/h1-14H,15-16H2,(H,25,29)(H,27,28)/b26-21-. The van der Waals surface area contributed by atoms with Crippen molar-refractivity contribution in [3.8, 4) is 0 Å². The summed E-state index contributed by atoms with van der Waals surface area (Å²) in [5.41, 5.74) is 5.19. The molecule has 0 aliphatic rings. The zero-order valence-electron chi connectivity index (χ0n) is 15.6. The van der Waals surface area contributed by atoms with E-state index < -0.39 is 0 Å². The molecular weight excluding hydrogens is 386 g/mol. The summed E-state index contributed by atoms with van der Waals surface area (Å²) in [5.74, 6) is -0.545.